The highest BCUT2D eigenvalue weighted by molar-refractivity contribution is 5.67. The molecule has 4 heteroatoms. The molecule has 1 aliphatic rings. The Labute approximate surface area is 142 Å². The maximum Gasteiger partial charge on any atom is 0.303 e. The molecule has 0 amide bonds. The van der Waals surface area contributed by atoms with Crippen LogP contribution in [0.15, 0.2) is 36.4 Å². The second kappa shape index (κ2) is 6.95. The highest BCUT2D eigenvalue weighted by Crippen LogP contribution is 2.38. The number of carboxylic acids is 1. The SMILES string of the molecule is COc1cc2c(cc1C)CCC2Oc1ccc(CCC(=O)O)cc1. The molecule has 1 unspecified atom stereocenters. The van der Waals surface area contributed by atoms with Crippen LogP contribution in [0.2, 0.25) is 0 Å². The molecule has 0 bridgehead atoms. The standard InChI is InChI=1S/C20H22O4/c1-13-11-15-6-9-18(17(15)12-19(13)23-2)24-16-7-3-14(4-8-16)5-10-20(21)22/h3-4,7-8,11-12,18H,5-6,9-10H2,1-2H3,(H,21,22). The normalized spacial score (nSPS) is 15.8. The largest absolute Gasteiger partial charge is 0.496 e. The zero-order valence-corrected chi connectivity index (χ0v) is 14.0. The summed E-state index contributed by atoms with van der Waals surface area (Å²) in [5.41, 5.74) is 4.69. The van der Waals surface area contributed by atoms with Crippen molar-refractivity contribution in [1.29, 1.82) is 0 Å². The maximum absolute atomic E-state index is 10.6. The zero-order chi connectivity index (χ0) is 17.1. The summed E-state index contributed by atoms with van der Waals surface area (Å²) < 4.78 is 11.6. The fourth-order valence-electron chi connectivity index (χ4n) is 3.21. The van der Waals surface area contributed by atoms with Crippen LogP contribution in [-0.2, 0) is 17.6 Å². The molecular formula is C20H22O4. The average molecular weight is 326 g/mol. The number of aryl methyl sites for hydroxylation is 3. The topological polar surface area (TPSA) is 55.8 Å². The molecule has 0 radical (unpaired) electrons. The van der Waals surface area contributed by atoms with Gasteiger partial charge in [-0.25, -0.2) is 0 Å². The first-order valence-electron chi connectivity index (χ1n) is 8.21. The minimum atomic E-state index is -0.776. The van der Waals surface area contributed by atoms with Gasteiger partial charge in [0.1, 0.15) is 17.6 Å². The summed E-state index contributed by atoms with van der Waals surface area (Å²) in [7, 11) is 1.69. The molecule has 1 atom stereocenters. The van der Waals surface area contributed by atoms with Gasteiger partial charge in [-0.15, -0.1) is 0 Å². The molecule has 0 heterocycles. The fraction of sp³-hybridized carbons (Fsp3) is 0.350. The average Bonchev–Trinajstić information content (AvgIpc) is 2.95. The number of hydrogen-bond acceptors (Lipinski definition) is 3. The number of aliphatic carboxylic acids is 1. The number of fused-ring (bicyclic) bond motifs is 1. The number of carbonyl (C=O) groups is 1. The molecule has 1 aliphatic carbocycles. The van der Waals surface area contributed by atoms with E-state index in [1.54, 1.807) is 7.11 Å². The van der Waals surface area contributed by atoms with Gasteiger partial charge in [0.05, 0.1) is 7.11 Å². The first-order chi connectivity index (χ1) is 11.6. The lowest BCUT2D eigenvalue weighted by atomic mass is 10.1. The van der Waals surface area contributed by atoms with E-state index in [-0.39, 0.29) is 12.5 Å². The summed E-state index contributed by atoms with van der Waals surface area (Å²) in [5.74, 6) is 0.932. The molecule has 0 fully saturated rings. The molecule has 0 spiro atoms. The number of benzene rings is 2. The van der Waals surface area contributed by atoms with Crippen molar-refractivity contribution >= 4 is 5.97 Å². The van der Waals surface area contributed by atoms with Crippen LogP contribution in [0.5, 0.6) is 11.5 Å². The quantitative estimate of drug-likeness (QED) is 0.869. The van der Waals surface area contributed by atoms with Crippen LogP contribution >= 0.6 is 0 Å². The van der Waals surface area contributed by atoms with Gasteiger partial charge in [0.25, 0.3) is 0 Å². The number of rotatable bonds is 6. The summed E-state index contributed by atoms with van der Waals surface area (Å²) in [5, 5.41) is 8.74. The van der Waals surface area contributed by atoms with Gasteiger partial charge in [0, 0.05) is 6.42 Å². The van der Waals surface area contributed by atoms with Crippen molar-refractivity contribution in [2.75, 3.05) is 7.11 Å². The van der Waals surface area contributed by atoms with Gasteiger partial charge < -0.3 is 14.6 Å². The number of hydrogen-bond donors (Lipinski definition) is 1. The van der Waals surface area contributed by atoms with E-state index in [4.69, 9.17) is 14.6 Å². The molecule has 0 saturated carbocycles. The van der Waals surface area contributed by atoms with Gasteiger partial charge in [-0.1, -0.05) is 18.2 Å². The lowest BCUT2D eigenvalue weighted by molar-refractivity contribution is -0.136. The lowest BCUT2D eigenvalue weighted by Crippen LogP contribution is -2.04. The van der Waals surface area contributed by atoms with Crippen molar-refractivity contribution in [3.63, 3.8) is 0 Å². The monoisotopic (exact) mass is 326 g/mol. The van der Waals surface area contributed by atoms with Crippen LogP contribution in [0.3, 0.4) is 0 Å². The van der Waals surface area contributed by atoms with E-state index in [0.717, 1.165) is 35.5 Å². The predicted molar refractivity (Wildman–Crippen MR) is 91.8 cm³/mol. The van der Waals surface area contributed by atoms with Crippen LogP contribution in [0, 0.1) is 6.92 Å². The summed E-state index contributed by atoms with van der Waals surface area (Å²) in [6.45, 7) is 2.06. The van der Waals surface area contributed by atoms with Gasteiger partial charge in [-0.3, -0.25) is 4.79 Å². The molecule has 4 nitrogen and oxygen atoms in total. The van der Waals surface area contributed by atoms with Crippen molar-refractivity contribution in [2.45, 2.75) is 38.7 Å². The molecule has 0 aromatic heterocycles. The number of carboxylic acid groups (broad SMARTS) is 1. The Kier molecular flexibility index (Phi) is 4.74. The number of ether oxygens (including phenoxy) is 2. The summed E-state index contributed by atoms with van der Waals surface area (Å²) in [4.78, 5) is 10.6. The predicted octanol–water partition coefficient (Wildman–Crippen LogP) is 4.09. The molecule has 24 heavy (non-hydrogen) atoms. The lowest BCUT2D eigenvalue weighted by Gasteiger charge is -2.16. The highest BCUT2D eigenvalue weighted by Gasteiger charge is 2.25. The minimum absolute atomic E-state index is 0.0411. The second-order valence-electron chi connectivity index (χ2n) is 6.20. The van der Waals surface area contributed by atoms with Crippen LogP contribution in [0.4, 0.5) is 0 Å². The van der Waals surface area contributed by atoms with Crippen molar-refractivity contribution < 1.29 is 19.4 Å². The molecule has 0 saturated heterocycles. The van der Waals surface area contributed by atoms with E-state index in [2.05, 4.69) is 19.1 Å². The molecule has 126 valence electrons. The first-order valence-corrected chi connectivity index (χ1v) is 8.21. The Balaban J connectivity index is 1.71. The van der Waals surface area contributed by atoms with Crippen LogP contribution in [0.1, 0.15) is 41.2 Å². The van der Waals surface area contributed by atoms with Gasteiger partial charge in [-0.2, -0.15) is 0 Å². The van der Waals surface area contributed by atoms with Crippen molar-refractivity contribution in [3.05, 3.63) is 58.7 Å². The van der Waals surface area contributed by atoms with Crippen molar-refractivity contribution in [1.82, 2.24) is 0 Å². The fourth-order valence-corrected chi connectivity index (χ4v) is 3.21. The Morgan fingerprint density at radius 2 is 2.00 bits per heavy atom. The van der Waals surface area contributed by atoms with Crippen LogP contribution in [0.25, 0.3) is 0 Å². The van der Waals surface area contributed by atoms with E-state index in [1.807, 2.05) is 24.3 Å². The molecular weight excluding hydrogens is 304 g/mol. The molecule has 0 aliphatic heterocycles. The number of methoxy groups -OCH3 is 1. The maximum atomic E-state index is 10.6. The van der Waals surface area contributed by atoms with Gasteiger partial charge >= 0.3 is 5.97 Å². The van der Waals surface area contributed by atoms with Gasteiger partial charge in [0.15, 0.2) is 0 Å². The molecule has 3 rings (SSSR count). The summed E-state index contributed by atoms with van der Waals surface area (Å²) >= 11 is 0. The molecule has 2 aromatic carbocycles. The van der Waals surface area contributed by atoms with E-state index in [9.17, 15) is 4.79 Å². The van der Waals surface area contributed by atoms with Crippen molar-refractivity contribution in [2.24, 2.45) is 0 Å². The van der Waals surface area contributed by atoms with E-state index in [1.165, 1.54) is 11.1 Å². The second-order valence-corrected chi connectivity index (χ2v) is 6.20. The summed E-state index contributed by atoms with van der Waals surface area (Å²) in [6, 6.07) is 12.0. The Morgan fingerprint density at radius 1 is 1.25 bits per heavy atom. The van der Waals surface area contributed by atoms with Crippen LogP contribution in [-0.4, -0.2) is 18.2 Å². The van der Waals surface area contributed by atoms with E-state index < -0.39 is 5.97 Å². The van der Waals surface area contributed by atoms with E-state index >= 15 is 0 Å². The highest BCUT2D eigenvalue weighted by atomic mass is 16.5. The van der Waals surface area contributed by atoms with Crippen molar-refractivity contribution in [3.8, 4) is 11.5 Å². The summed E-state index contributed by atoms with van der Waals surface area (Å²) in [6.07, 6.45) is 2.71. The molecule has 1 N–H and O–H groups in total. The Bertz CT molecular complexity index is 734. The third kappa shape index (κ3) is 3.53. The Morgan fingerprint density at radius 3 is 2.67 bits per heavy atom. The Hall–Kier alpha value is -2.49. The minimum Gasteiger partial charge on any atom is -0.496 e. The zero-order valence-electron chi connectivity index (χ0n) is 14.0. The van der Waals surface area contributed by atoms with Gasteiger partial charge in [-0.05, 0) is 66.6 Å². The third-order valence-corrected chi connectivity index (χ3v) is 4.51. The third-order valence-electron chi connectivity index (χ3n) is 4.51. The smallest absolute Gasteiger partial charge is 0.303 e. The van der Waals surface area contributed by atoms with Gasteiger partial charge in [0.2, 0.25) is 0 Å². The first kappa shape index (κ1) is 16.4. The molecule has 2 aromatic rings. The van der Waals surface area contributed by atoms with E-state index in [0.29, 0.717) is 6.42 Å². The van der Waals surface area contributed by atoms with Crippen LogP contribution < -0.4 is 9.47 Å².